The van der Waals surface area contributed by atoms with Gasteiger partial charge in [0.05, 0.1) is 10.7 Å². The van der Waals surface area contributed by atoms with Crippen LogP contribution in [0.1, 0.15) is 0 Å². The van der Waals surface area contributed by atoms with E-state index in [1.165, 1.54) is 23.9 Å². The van der Waals surface area contributed by atoms with E-state index in [0.29, 0.717) is 20.1 Å². The van der Waals surface area contributed by atoms with Crippen LogP contribution in [0.2, 0.25) is 0 Å². The Bertz CT molecular complexity index is 507. The van der Waals surface area contributed by atoms with Crippen molar-refractivity contribution in [2.75, 3.05) is 5.73 Å². The monoisotopic (exact) mass is 299 g/mol. The van der Waals surface area contributed by atoms with Gasteiger partial charge >= 0.3 is 0 Å². The number of aromatic nitrogens is 2. The van der Waals surface area contributed by atoms with Crippen LogP contribution in [0.5, 0.6) is 0 Å². The summed E-state index contributed by atoms with van der Waals surface area (Å²) in [5.41, 5.74) is 6.28. The van der Waals surface area contributed by atoms with Gasteiger partial charge in [-0.1, -0.05) is 11.8 Å². The Morgan fingerprint density at radius 1 is 1.31 bits per heavy atom. The first-order chi connectivity index (χ1) is 7.66. The maximum Gasteiger partial charge on any atom is 0.138 e. The predicted octanol–water partition coefficient (Wildman–Crippen LogP) is 3.11. The molecule has 2 rings (SSSR count). The maximum absolute atomic E-state index is 13.3. The number of halogens is 2. The number of rotatable bonds is 2. The van der Waals surface area contributed by atoms with Crippen LogP contribution in [-0.2, 0) is 0 Å². The van der Waals surface area contributed by atoms with Gasteiger partial charge in [-0.25, -0.2) is 9.37 Å². The molecule has 0 saturated heterocycles. The minimum atomic E-state index is -0.347. The molecule has 1 heterocycles. The molecular weight excluding hydrogens is 293 g/mol. The third-order valence-electron chi connectivity index (χ3n) is 1.81. The summed E-state index contributed by atoms with van der Waals surface area (Å²) in [5, 5.41) is 0.677. The summed E-state index contributed by atoms with van der Waals surface area (Å²) in [6.45, 7) is 0. The summed E-state index contributed by atoms with van der Waals surface area (Å²) >= 11 is 4.35. The van der Waals surface area contributed by atoms with Crippen LogP contribution in [0.25, 0.3) is 0 Å². The minimum Gasteiger partial charge on any atom is -0.398 e. The average molecular weight is 300 g/mol. The number of nitrogens with zero attached hydrogens (tertiary/aromatic N) is 2. The van der Waals surface area contributed by atoms with Crippen molar-refractivity contribution < 1.29 is 4.39 Å². The number of hydrogen-bond acceptors (Lipinski definition) is 4. The van der Waals surface area contributed by atoms with Gasteiger partial charge in [0.2, 0.25) is 0 Å². The molecule has 0 unspecified atom stereocenters. The molecule has 82 valence electrons. The van der Waals surface area contributed by atoms with Crippen LogP contribution in [0.4, 0.5) is 10.1 Å². The summed E-state index contributed by atoms with van der Waals surface area (Å²) in [6, 6.07) is 2.91. The Kier molecular flexibility index (Phi) is 3.40. The predicted molar refractivity (Wildman–Crippen MR) is 64.7 cm³/mol. The molecular formula is C10H7BrFN3S. The van der Waals surface area contributed by atoms with Gasteiger partial charge in [0, 0.05) is 23.0 Å². The molecule has 1 aromatic heterocycles. The Balaban J connectivity index is 2.32. The molecule has 2 N–H and O–H groups in total. The van der Waals surface area contributed by atoms with E-state index in [1.54, 1.807) is 18.6 Å². The summed E-state index contributed by atoms with van der Waals surface area (Å²) in [4.78, 5) is 8.63. The standard InChI is InChI=1S/C10H7BrFN3S/c11-6-3-8(13)9(4-7(6)12)16-10-5-14-1-2-15-10/h1-5H,13H2. The quantitative estimate of drug-likeness (QED) is 0.866. The molecule has 0 aliphatic heterocycles. The maximum atomic E-state index is 13.3. The first kappa shape index (κ1) is 11.3. The molecule has 16 heavy (non-hydrogen) atoms. The number of hydrogen-bond donors (Lipinski definition) is 1. The topological polar surface area (TPSA) is 51.8 Å². The van der Waals surface area contributed by atoms with Crippen LogP contribution in [0, 0.1) is 5.82 Å². The zero-order valence-electron chi connectivity index (χ0n) is 8.02. The van der Waals surface area contributed by atoms with Gasteiger partial charge in [-0.3, -0.25) is 4.98 Å². The number of nitrogens with two attached hydrogens (primary N) is 1. The molecule has 0 amide bonds. The van der Waals surface area contributed by atoms with Gasteiger partial charge in [-0.2, -0.15) is 0 Å². The second-order valence-corrected chi connectivity index (χ2v) is 4.87. The van der Waals surface area contributed by atoms with Gasteiger partial charge < -0.3 is 5.73 Å². The first-order valence-corrected chi connectivity index (χ1v) is 5.96. The van der Waals surface area contributed by atoms with Crippen molar-refractivity contribution in [1.82, 2.24) is 9.97 Å². The van der Waals surface area contributed by atoms with Crippen molar-refractivity contribution in [1.29, 1.82) is 0 Å². The van der Waals surface area contributed by atoms with Gasteiger partial charge in [-0.15, -0.1) is 0 Å². The SMILES string of the molecule is Nc1cc(Br)c(F)cc1Sc1cnccn1. The van der Waals surface area contributed by atoms with Crippen molar-refractivity contribution >= 4 is 33.4 Å². The Labute approximate surface area is 104 Å². The summed E-state index contributed by atoms with van der Waals surface area (Å²) in [6.07, 6.45) is 4.76. The van der Waals surface area contributed by atoms with Crippen molar-refractivity contribution in [3.05, 3.63) is 41.0 Å². The highest BCUT2D eigenvalue weighted by Crippen LogP contribution is 2.33. The number of benzene rings is 1. The smallest absolute Gasteiger partial charge is 0.138 e. The Morgan fingerprint density at radius 3 is 2.81 bits per heavy atom. The zero-order chi connectivity index (χ0) is 11.5. The van der Waals surface area contributed by atoms with E-state index in [0.717, 1.165) is 0 Å². The lowest BCUT2D eigenvalue weighted by Crippen LogP contribution is -1.91. The van der Waals surface area contributed by atoms with Crippen LogP contribution in [0.3, 0.4) is 0 Å². The summed E-state index contributed by atoms with van der Waals surface area (Å²) in [7, 11) is 0. The molecule has 0 saturated carbocycles. The molecule has 2 aromatic rings. The second kappa shape index (κ2) is 4.80. The number of anilines is 1. The van der Waals surface area contributed by atoms with E-state index in [9.17, 15) is 4.39 Å². The van der Waals surface area contributed by atoms with Gasteiger partial charge in [-0.05, 0) is 28.1 Å². The third kappa shape index (κ3) is 2.51. The van der Waals surface area contributed by atoms with E-state index in [2.05, 4.69) is 25.9 Å². The Hall–Kier alpha value is -1.14. The van der Waals surface area contributed by atoms with Gasteiger partial charge in [0.1, 0.15) is 10.8 Å². The molecule has 0 atom stereocenters. The van der Waals surface area contributed by atoms with E-state index in [1.807, 2.05) is 0 Å². The lowest BCUT2D eigenvalue weighted by molar-refractivity contribution is 0.618. The molecule has 0 aliphatic rings. The van der Waals surface area contributed by atoms with Crippen molar-refractivity contribution in [2.45, 2.75) is 9.92 Å². The van der Waals surface area contributed by atoms with E-state index < -0.39 is 0 Å². The summed E-state index contributed by atoms with van der Waals surface area (Å²) < 4.78 is 13.7. The van der Waals surface area contributed by atoms with Crippen molar-refractivity contribution in [3.63, 3.8) is 0 Å². The van der Waals surface area contributed by atoms with Crippen LogP contribution >= 0.6 is 27.7 Å². The highest BCUT2D eigenvalue weighted by Gasteiger charge is 2.08. The fraction of sp³-hybridized carbons (Fsp3) is 0. The van der Waals surface area contributed by atoms with Gasteiger partial charge in [0.15, 0.2) is 0 Å². The van der Waals surface area contributed by atoms with E-state index in [4.69, 9.17) is 5.73 Å². The third-order valence-corrected chi connectivity index (χ3v) is 3.41. The fourth-order valence-electron chi connectivity index (χ4n) is 1.08. The Morgan fingerprint density at radius 2 is 2.12 bits per heavy atom. The summed E-state index contributed by atoms with van der Waals surface area (Å²) in [5.74, 6) is -0.347. The normalized spacial score (nSPS) is 10.4. The molecule has 6 heteroatoms. The lowest BCUT2D eigenvalue weighted by Gasteiger charge is -2.05. The van der Waals surface area contributed by atoms with E-state index in [-0.39, 0.29) is 5.82 Å². The van der Waals surface area contributed by atoms with Crippen molar-refractivity contribution in [2.24, 2.45) is 0 Å². The highest BCUT2D eigenvalue weighted by molar-refractivity contribution is 9.10. The molecule has 3 nitrogen and oxygen atoms in total. The fourth-order valence-corrected chi connectivity index (χ4v) is 2.24. The van der Waals surface area contributed by atoms with Crippen molar-refractivity contribution in [3.8, 4) is 0 Å². The second-order valence-electron chi connectivity index (χ2n) is 2.95. The average Bonchev–Trinajstić information content (AvgIpc) is 2.27. The van der Waals surface area contributed by atoms with E-state index >= 15 is 0 Å². The number of nitrogen functional groups attached to an aromatic ring is 1. The molecule has 0 aliphatic carbocycles. The van der Waals surface area contributed by atoms with Crippen LogP contribution < -0.4 is 5.73 Å². The van der Waals surface area contributed by atoms with Crippen LogP contribution in [-0.4, -0.2) is 9.97 Å². The molecule has 0 spiro atoms. The highest BCUT2D eigenvalue weighted by atomic mass is 79.9. The molecule has 1 aromatic carbocycles. The first-order valence-electron chi connectivity index (χ1n) is 4.35. The molecule has 0 bridgehead atoms. The van der Waals surface area contributed by atoms with Gasteiger partial charge in [0.25, 0.3) is 0 Å². The lowest BCUT2D eigenvalue weighted by atomic mass is 10.3. The molecule has 0 radical (unpaired) electrons. The van der Waals surface area contributed by atoms with Crippen LogP contribution in [0.15, 0.2) is 45.1 Å². The largest absolute Gasteiger partial charge is 0.398 e. The zero-order valence-corrected chi connectivity index (χ0v) is 10.4. The minimum absolute atomic E-state index is 0.347. The molecule has 0 fully saturated rings.